The fraction of sp³-hybridized carbons (Fsp3) is 0.300. The smallest absolute Gasteiger partial charge is 0.0970 e. The lowest BCUT2D eigenvalue weighted by atomic mass is 10.1. The quantitative estimate of drug-likeness (QED) is 0.710. The number of nitrogens with two attached hydrogens (primary N) is 1. The van der Waals surface area contributed by atoms with Crippen molar-refractivity contribution < 1.29 is 0 Å². The van der Waals surface area contributed by atoms with E-state index < -0.39 is 0 Å². The van der Waals surface area contributed by atoms with Crippen LogP contribution in [-0.2, 0) is 13.6 Å². The number of benzene rings is 1. The van der Waals surface area contributed by atoms with Crippen LogP contribution in [0.1, 0.15) is 11.1 Å². The molecular formula is C10H13N3. The molecule has 1 aromatic carbocycles. The van der Waals surface area contributed by atoms with E-state index in [0.29, 0.717) is 6.54 Å². The van der Waals surface area contributed by atoms with Crippen LogP contribution in [0.3, 0.4) is 0 Å². The molecule has 2 aromatic rings. The van der Waals surface area contributed by atoms with Crippen molar-refractivity contribution in [3.63, 3.8) is 0 Å². The summed E-state index contributed by atoms with van der Waals surface area (Å²) in [4.78, 5) is 0. The molecule has 3 nitrogen and oxygen atoms in total. The van der Waals surface area contributed by atoms with Gasteiger partial charge in [0.15, 0.2) is 0 Å². The van der Waals surface area contributed by atoms with Gasteiger partial charge in [-0.05, 0) is 18.1 Å². The van der Waals surface area contributed by atoms with E-state index in [2.05, 4.69) is 18.1 Å². The summed E-state index contributed by atoms with van der Waals surface area (Å²) in [7, 11) is 1.93. The van der Waals surface area contributed by atoms with Crippen LogP contribution in [0.25, 0.3) is 10.9 Å². The van der Waals surface area contributed by atoms with Crippen LogP contribution in [0.2, 0.25) is 0 Å². The molecule has 0 atom stereocenters. The Morgan fingerprint density at radius 1 is 1.46 bits per heavy atom. The molecule has 0 amide bonds. The monoisotopic (exact) mass is 175 g/mol. The molecule has 1 heterocycles. The molecule has 2 rings (SSSR count). The van der Waals surface area contributed by atoms with Gasteiger partial charge in [0.25, 0.3) is 0 Å². The first-order chi connectivity index (χ1) is 6.22. The average Bonchev–Trinajstić information content (AvgIpc) is 2.48. The average molecular weight is 175 g/mol. The minimum atomic E-state index is 0.549. The Morgan fingerprint density at radius 2 is 2.23 bits per heavy atom. The predicted octanol–water partition coefficient (Wildman–Crippen LogP) is 1.34. The highest BCUT2D eigenvalue weighted by molar-refractivity contribution is 5.84. The number of hydrogen-bond donors (Lipinski definition) is 1. The van der Waals surface area contributed by atoms with E-state index in [1.165, 1.54) is 10.9 Å². The molecule has 0 fully saturated rings. The maximum absolute atomic E-state index is 5.63. The molecule has 2 N–H and O–H groups in total. The highest BCUT2D eigenvalue weighted by atomic mass is 15.2. The third-order valence-corrected chi connectivity index (χ3v) is 2.31. The molecule has 3 heteroatoms. The number of rotatable bonds is 1. The van der Waals surface area contributed by atoms with E-state index in [9.17, 15) is 0 Å². The van der Waals surface area contributed by atoms with Gasteiger partial charge in [-0.1, -0.05) is 12.1 Å². The molecule has 68 valence electrons. The van der Waals surface area contributed by atoms with Gasteiger partial charge >= 0.3 is 0 Å². The molecule has 0 aliphatic rings. The van der Waals surface area contributed by atoms with Crippen molar-refractivity contribution in [1.29, 1.82) is 0 Å². The molecule has 0 saturated heterocycles. The van der Waals surface area contributed by atoms with Crippen molar-refractivity contribution in [2.75, 3.05) is 0 Å². The number of nitrogens with zero attached hydrogens (tertiary/aromatic N) is 2. The lowest BCUT2D eigenvalue weighted by Gasteiger charge is -1.99. The van der Waals surface area contributed by atoms with Crippen molar-refractivity contribution in [3.05, 3.63) is 29.5 Å². The molecule has 13 heavy (non-hydrogen) atoms. The van der Waals surface area contributed by atoms with Gasteiger partial charge in [0, 0.05) is 25.2 Å². The topological polar surface area (TPSA) is 43.8 Å². The largest absolute Gasteiger partial charge is 0.326 e. The Kier molecular flexibility index (Phi) is 1.81. The standard InChI is InChI=1S/C10H13N3/c1-7-3-4-8(5-11)10-9(7)6-13(2)12-10/h3-4,6H,5,11H2,1-2H3. The molecular weight excluding hydrogens is 162 g/mol. The Balaban J connectivity index is 2.83. The number of hydrogen-bond acceptors (Lipinski definition) is 2. The summed E-state index contributed by atoms with van der Waals surface area (Å²) in [5, 5.41) is 5.58. The van der Waals surface area contributed by atoms with Crippen LogP contribution in [0.4, 0.5) is 0 Å². The number of aryl methyl sites for hydroxylation is 2. The van der Waals surface area contributed by atoms with Gasteiger partial charge < -0.3 is 5.73 Å². The Morgan fingerprint density at radius 3 is 2.92 bits per heavy atom. The van der Waals surface area contributed by atoms with Crippen LogP contribution in [-0.4, -0.2) is 9.78 Å². The summed E-state index contributed by atoms with van der Waals surface area (Å²) in [6, 6.07) is 4.14. The van der Waals surface area contributed by atoms with Crippen LogP contribution >= 0.6 is 0 Å². The van der Waals surface area contributed by atoms with Crippen molar-refractivity contribution in [2.45, 2.75) is 13.5 Å². The summed E-state index contributed by atoms with van der Waals surface area (Å²) in [6.07, 6.45) is 2.03. The Hall–Kier alpha value is -1.35. The van der Waals surface area contributed by atoms with Gasteiger partial charge in [-0.3, -0.25) is 4.68 Å². The second-order valence-corrected chi connectivity index (χ2v) is 3.31. The zero-order chi connectivity index (χ0) is 9.42. The van der Waals surface area contributed by atoms with Gasteiger partial charge in [-0.15, -0.1) is 0 Å². The molecule has 0 aliphatic heterocycles. The highest BCUT2D eigenvalue weighted by Crippen LogP contribution is 2.20. The zero-order valence-electron chi connectivity index (χ0n) is 7.91. The van der Waals surface area contributed by atoms with Crippen molar-refractivity contribution in [1.82, 2.24) is 9.78 Å². The van der Waals surface area contributed by atoms with Crippen LogP contribution in [0.15, 0.2) is 18.3 Å². The molecule has 0 saturated carbocycles. The van der Waals surface area contributed by atoms with E-state index in [-0.39, 0.29) is 0 Å². The van der Waals surface area contributed by atoms with E-state index in [0.717, 1.165) is 11.1 Å². The molecule has 0 bridgehead atoms. The summed E-state index contributed by atoms with van der Waals surface area (Å²) in [5.41, 5.74) is 9.02. The minimum absolute atomic E-state index is 0.549. The fourth-order valence-corrected chi connectivity index (χ4v) is 1.57. The summed E-state index contributed by atoms with van der Waals surface area (Å²) in [5.74, 6) is 0. The molecule has 0 spiro atoms. The Bertz CT molecular complexity index is 443. The first kappa shape index (κ1) is 8.26. The van der Waals surface area contributed by atoms with Crippen molar-refractivity contribution in [3.8, 4) is 0 Å². The van der Waals surface area contributed by atoms with Gasteiger partial charge in [0.2, 0.25) is 0 Å². The summed E-state index contributed by atoms with van der Waals surface area (Å²) < 4.78 is 1.83. The predicted molar refractivity (Wildman–Crippen MR) is 53.3 cm³/mol. The third kappa shape index (κ3) is 1.21. The minimum Gasteiger partial charge on any atom is -0.326 e. The first-order valence-electron chi connectivity index (χ1n) is 4.34. The number of fused-ring (bicyclic) bond motifs is 1. The molecule has 0 aliphatic carbocycles. The second-order valence-electron chi connectivity index (χ2n) is 3.31. The van der Waals surface area contributed by atoms with Crippen molar-refractivity contribution >= 4 is 10.9 Å². The third-order valence-electron chi connectivity index (χ3n) is 2.31. The normalized spacial score (nSPS) is 11.0. The SMILES string of the molecule is Cc1ccc(CN)c2nn(C)cc12. The van der Waals surface area contributed by atoms with Gasteiger partial charge in [-0.2, -0.15) is 5.10 Å². The van der Waals surface area contributed by atoms with E-state index >= 15 is 0 Å². The highest BCUT2D eigenvalue weighted by Gasteiger charge is 2.05. The van der Waals surface area contributed by atoms with Crippen molar-refractivity contribution in [2.24, 2.45) is 12.8 Å². The maximum atomic E-state index is 5.63. The summed E-state index contributed by atoms with van der Waals surface area (Å²) in [6.45, 7) is 2.64. The van der Waals surface area contributed by atoms with Crippen LogP contribution in [0.5, 0.6) is 0 Å². The fourth-order valence-electron chi connectivity index (χ4n) is 1.57. The van der Waals surface area contributed by atoms with Gasteiger partial charge in [0.1, 0.15) is 0 Å². The number of aromatic nitrogens is 2. The van der Waals surface area contributed by atoms with Gasteiger partial charge in [-0.25, -0.2) is 0 Å². The van der Waals surface area contributed by atoms with Gasteiger partial charge in [0.05, 0.1) is 5.52 Å². The van der Waals surface area contributed by atoms with E-state index in [1.807, 2.05) is 24.0 Å². The Labute approximate surface area is 77.2 Å². The van der Waals surface area contributed by atoms with E-state index in [1.54, 1.807) is 0 Å². The van der Waals surface area contributed by atoms with Crippen LogP contribution < -0.4 is 5.73 Å². The van der Waals surface area contributed by atoms with Crippen LogP contribution in [0, 0.1) is 6.92 Å². The first-order valence-corrected chi connectivity index (χ1v) is 4.34. The second kappa shape index (κ2) is 2.85. The van der Waals surface area contributed by atoms with E-state index in [4.69, 9.17) is 5.73 Å². The molecule has 0 radical (unpaired) electrons. The maximum Gasteiger partial charge on any atom is 0.0970 e. The molecule has 1 aromatic heterocycles. The molecule has 0 unspecified atom stereocenters. The summed E-state index contributed by atoms with van der Waals surface area (Å²) >= 11 is 0. The zero-order valence-corrected chi connectivity index (χ0v) is 7.91. The lowest BCUT2D eigenvalue weighted by molar-refractivity contribution is 0.777. The lowest BCUT2D eigenvalue weighted by Crippen LogP contribution is -1.98.